The first-order valence-electron chi connectivity index (χ1n) is 9.76. The molecule has 32 heavy (non-hydrogen) atoms. The summed E-state index contributed by atoms with van der Waals surface area (Å²) in [5.74, 6) is 1.47. The van der Waals surface area contributed by atoms with Crippen molar-refractivity contribution in [2.24, 2.45) is 10.1 Å². The van der Waals surface area contributed by atoms with Crippen molar-refractivity contribution < 1.29 is 27.7 Å². The Labute approximate surface area is 187 Å². The summed E-state index contributed by atoms with van der Waals surface area (Å²) in [4.78, 5) is 5.27. The normalized spacial score (nSPS) is 13.8. The van der Waals surface area contributed by atoms with Crippen molar-refractivity contribution in [3.63, 3.8) is 0 Å². The second-order valence-corrected chi connectivity index (χ2v) is 7.58. The number of fused-ring (bicyclic) bond motifs is 1. The maximum absolute atomic E-state index is 12.5. The van der Waals surface area contributed by atoms with Gasteiger partial charge in [-0.2, -0.15) is 13.9 Å². The number of nitrogens with zero attached hydrogens (tertiary/aromatic N) is 3. The van der Waals surface area contributed by atoms with Crippen molar-refractivity contribution in [3.05, 3.63) is 58.2 Å². The molecular formula is C22H21F2N3O4S. The molecule has 0 unspecified atom stereocenters. The molecule has 0 fully saturated rings. The first-order chi connectivity index (χ1) is 15.5. The standard InChI is InChI=1S/C22H21F2N3O4S/c1-14(16-5-8-19-20(11-16)30-13-29-19)26-27-18(12-32-22(27)25-9-10-28-2)15-3-6-17(7-4-15)31-21(23)24/h3-8,11-12,21H,9-10,13H2,1-2H3/b25-22?,26-14-. The summed E-state index contributed by atoms with van der Waals surface area (Å²) in [6.45, 7) is 0.192. The van der Waals surface area contributed by atoms with Crippen LogP contribution in [-0.4, -0.2) is 44.1 Å². The van der Waals surface area contributed by atoms with Gasteiger partial charge in [0, 0.05) is 23.6 Å². The fraction of sp³-hybridized carbons (Fsp3) is 0.273. The van der Waals surface area contributed by atoms with Gasteiger partial charge in [-0.1, -0.05) is 0 Å². The summed E-state index contributed by atoms with van der Waals surface area (Å²) in [7, 11) is 1.62. The molecule has 0 N–H and O–H groups in total. The van der Waals surface area contributed by atoms with E-state index < -0.39 is 6.61 Å². The largest absolute Gasteiger partial charge is 0.454 e. The number of aromatic nitrogens is 1. The molecule has 0 saturated carbocycles. The first kappa shape index (κ1) is 22.0. The highest BCUT2D eigenvalue weighted by molar-refractivity contribution is 7.07. The maximum Gasteiger partial charge on any atom is 0.387 e. The maximum atomic E-state index is 12.5. The van der Waals surface area contributed by atoms with Crippen LogP contribution in [0.1, 0.15) is 12.5 Å². The van der Waals surface area contributed by atoms with Crippen LogP contribution in [-0.2, 0) is 4.74 Å². The number of benzene rings is 2. The van der Waals surface area contributed by atoms with E-state index in [1.807, 2.05) is 30.5 Å². The Hall–Kier alpha value is -3.24. The molecule has 0 atom stereocenters. The molecule has 7 nitrogen and oxygen atoms in total. The van der Waals surface area contributed by atoms with E-state index in [1.165, 1.54) is 23.5 Å². The smallest absolute Gasteiger partial charge is 0.387 e. The molecular weight excluding hydrogens is 440 g/mol. The van der Waals surface area contributed by atoms with E-state index in [0.717, 1.165) is 22.5 Å². The lowest BCUT2D eigenvalue weighted by Crippen LogP contribution is -2.15. The average Bonchev–Trinajstić information content (AvgIpc) is 3.41. The number of methoxy groups -OCH3 is 1. The molecule has 1 aromatic heterocycles. The Morgan fingerprint density at radius 2 is 1.94 bits per heavy atom. The Kier molecular flexibility index (Phi) is 6.81. The Balaban J connectivity index is 1.72. The molecule has 1 aliphatic heterocycles. The molecule has 0 amide bonds. The van der Waals surface area contributed by atoms with E-state index in [4.69, 9.17) is 19.3 Å². The van der Waals surface area contributed by atoms with Crippen LogP contribution in [0.4, 0.5) is 8.78 Å². The summed E-state index contributed by atoms with van der Waals surface area (Å²) < 4.78 is 47.1. The zero-order valence-electron chi connectivity index (χ0n) is 17.5. The summed E-state index contributed by atoms with van der Waals surface area (Å²) in [5, 5.41) is 6.72. The molecule has 3 aromatic rings. The van der Waals surface area contributed by atoms with Gasteiger partial charge in [-0.25, -0.2) is 4.68 Å². The Morgan fingerprint density at radius 1 is 1.16 bits per heavy atom. The fourth-order valence-electron chi connectivity index (χ4n) is 3.07. The molecule has 0 bridgehead atoms. The van der Waals surface area contributed by atoms with Crippen LogP contribution < -0.4 is 19.0 Å². The quantitative estimate of drug-likeness (QED) is 0.369. The third-order valence-corrected chi connectivity index (χ3v) is 5.50. The second-order valence-electron chi connectivity index (χ2n) is 6.75. The minimum Gasteiger partial charge on any atom is -0.454 e. The van der Waals surface area contributed by atoms with Gasteiger partial charge in [0.15, 0.2) is 11.5 Å². The van der Waals surface area contributed by atoms with E-state index in [-0.39, 0.29) is 12.5 Å². The summed E-state index contributed by atoms with van der Waals surface area (Å²) >= 11 is 1.43. The van der Waals surface area contributed by atoms with Gasteiger partial charge in [0.25, 0.3) is 0 Å². The van der Waals surface area contributed by atoms with Crippen molar-refractivity contribution in [2.45, 2.75) is 13.5 Å². The number of rotatable bonds is 8. The first-order valence-corrected chi connectivity index (χ1v) is 10.6. The molecule has 2 aromatic carbocycles. The van der Waals surface area contributed by atoms with Gasteiger partial charge in [0.1, 0.15) is 5.75 Å². The fourth-order valence-corrected chi connectivity index (χ4v) is 3.93. The van der Waals surface area contributed by atoms with Crippen molar-refractivity contribution in [1.82, 2.24) is 4.68 Å². The zero-order chi connectivity index (χ0) is 22.5. The Morgan fingerprint density at radius 3 is 2.69 bits per heavy atom. The lowest BCUT2D eigenvalue weighted by Gasteiger charge is -2.08. The topological polar surface area (TPSA) is 66.6 Å². The van der Waals surface area contributed by atoms with E-state index >= 15 is 0 Å². The second kappa shape index (κ2) is 9.92. The molecule has 1 aliphatic rings. The number of halogens is 2. The van der Waals surface area contributed by atoms with E-state index in [1.54, 1.807) is 23.9 Å². The number of hydrogen-bond acceptors (Lipinski definition) is 7. The van der Waals surface area contributed by atoms with E-state index in [2.05, 4.69) is 9.73 Å². The number of alkyl halides is 2. The minimum absolute atomic E-state index is 0.0931. The number of ether oxygens (including phenoxy) is 4. The predicted octanol–water partition coefficient (Wildman–Crippen LogP) is 4.37. The van der Waals surface area contributed by atoms with Gasteiger partial charge in [-0.3, -0.25) is 4.99 Å². The molecule has 10 heteroatoms. The van der Waals surface area contributed by atoms with Crippen molar-refractivity contribution in [1.29, 1.82) is 0 Å². The third kappa shape index (κ3) is 4.97. The Bertz CT molecular complexity index is 1170. The van der Waals surface area contributed by atoms with E-state index in [9.17, 15) is 8.78 Å². The molecule has 0 aliphatic carbocycles. The van der Waals surface area contributed by atoms with Gasteiger partial charge in [-0.05, 0) is 49.4 Å². The van der Waals surface area contributed by atoms with Crippen LogP contribution in [0.3, 0.4) is 0 Å². The van der Waals surface area contributed by atoms with Crippen molar-refractivity contribution in [3.8, 4) is 28.5 Å². The van der Waals surface area contributed by atoms with Crippen molar-refractivity contribution >= 4 is 17.0 Å². The monoisotopic (exact) mass is 461 g/mol. The van der Waals surface area contributed by atoms with Gasteiger partial charge >= 0.3 is 6.61 Å². The minimum atomic E-state index is -2.87. The third-order valence-electron chi connectivity index (χ3n) is 4.64. The molecule has 168 valence electrons. The lowest BCUT2D eigenvalue weighted by atomic mass is 10.1. The zero-order valence-corrected chi connectivity index (χ0v) is 18.3. The average molecular weight is 461 g/mol. The summed E-state index contributed by atoms with van der Waals surface area (Å²) in [6, 6.07) is 12.1. The highest BCUT2D eigenvalue weighted by Crippen LogP contribution is 2.33. The predicted molar refractivity (Wildman–Crippen MR) is 117 cm³/mol. The number of thiazole rings is 1. The van der Waals surface area contributed by atoms with Gasteiger partial charge < -0.3 is 18.9 Å². The van der Waals surface area contributed by atoms with Crippen LogP contribution >= 0.6 is 11.3 Å². The molecule has 0 spiro atoms. The summed E-state index contributed by atoms with van der Waals surface area (Å²) in [5.41, 5.74) is 3.18. The highest BCUT2D eigenvalue weighted by atomic mass is 32.1. The van der Waals surface area contributed by atoms with Gasteiger partial charge in [0.05, 0.1) is 24.6 Å². The van der Waals surface area contributed by atoms with Crippen LogP contribution in [0.2, 0.25) is 0 Å². The van der Waals surface area contributed by atoms with E-state index in [0.29, 0.717) is 29.5 Å². The van der Waals surface area contributed by atoms with Gasteiger partial charge in [-0.15, -0.1) is 11.3 Å². The highest BCUT2D eigenvalue weighted by Gasteiger charge is 2.15. The lowest BCUT2D eigenvalue weighted by molar-refractivity contribution is -0.0498. The molecule has 2 heterocycles. The number of hydrogen-bond donors (Lipinski definition) is 0. The van der Waals surface area contributed by atoms with Gasteiger partial charge in [0.2, 0.25) is 11.6 Å². The van der Waals surface area contributed by atoms with Crippen LogP contribution in [0.25, 0.3) is 11.3 Å². The SMILES string of the molecule is COCCN=c1scc(-c2ccc(OC(F)F)cc2)n1/N=C(/C)c1ccc2c(c1)OCO2. The molecule has 4 rings (SSSR count). The van der Waals surface area contributed by atoms with Crippen molar-refractivity contribution in [2.75, 3.05) is 27.1 Å². The molecule has 0 saturated heterocycles. The summed E-state index contributed by atoms with van der Waals surface area (Å²) in [6.07, 6.45) is 0. The van der Waals surface area contributed by atoms with Crippen LogP contribution in [0.15, 0.2) is 57.9 Å². The van der Waals surface area contributed by atoms with Crippen LogP contribution in [0, 0.1) is 0 Å². The molecule has 0 radical (unpaired) electrons. The van der Waals surface area contributed by atoms with Crippen LogP contribution in [0.5, 0.6) is 17.2 Å².